The molecule has 1 heterocycles. The summed E-state index contributed by atoms with van der Waals surface area (Å²) in [5, 5.41) is 12.0. The molecule has 0 aliphatic rings. The maximum Gasteiger partial charge on any atom is 0.339 e. The zero-order valence-corrected chi connectivity index (χ0v) is 10.4. The average molecular weight is 250 g/mol. The number of aromatic carboxylic acids is 1. The number of nitrogens with one attached hydrogen (secondary N) is 1. The van der Waals surface area contributed by atoms with Crippen LogP contribution in [0, 0.1) is 19.3 Å². The van der Waals surface area contributed by atoms with Gasteiger partial charge < -0.3 is 10.4 Å². The second-order valence-corrected chi connectivity index (χ2v) is 4.44. The maximum absolute atomic E-state index is 11.0. The van der Waals surface area contributed by atoms with Gasteiger partial charge in [0.2, 0.25) is 0 Å². The molecule has 0 radical (unpaired) electrons. The van der Waals surface area contributed by atoms with Gasteiger partial charge in [0.05, 0.1) is 5.75 Å². The number of nitrogens with zero attached hydrogens (tertiary/aromatic N) is 1. The Labute approximate surface area is 105 Å². The predicted molar refractivity (Wildman–Crippen MR) is 70.6 cm³/mol. The molecular weight excluding hydrogens is 236 g/mol. The second-order valence-electron chi connectivity index (χ2n) is 3.34. The molecule has 0 aromatic carbocycles. The molecular formula is C12H14N2O2S. The normalized spacial score (nSPS) is 9.65. The Morgan fingerprint density at radius 1 is 1.65 bits per heavy atom. The van der Waals surface area contributed by atoms with Crippen molar-refractivity contribution in [3.63, 3.8) is 0 Å². The molecule has 0 fully saturated rings. The minimum absolute atomic E-state index is 0.192. The van der Waals surface area contributed by atoms with E-state index in [0.717, 1.165) is 11.4 Å². The number of aryl methyl sites for hydroxylation is 1. The molecule has 1 aromatic rings. The number of carbonyl (C=O) groups is 1. The van der Waals surface area contributed by atoms with Crippen molar-refractivity contribution < 1.29 is 9.90 Å². The molecule has 0 amide bonds. The van der Waals surface area contributed by atoms with Crippen molar-refractivity contribution in [1.29, 1.82) is 0 Å². The van der Waals surface area contributed by atoms with Crippen molar-refractivity contribution >= 4 is 23.5 Å². The van der Waals surface area contributed by atoms with Gasteiger partial charge in [-0.05, 0) is 19.1 Å². The van der Waals surface area contributed by atoms with Gasteiger partial charge >= 0.3 is 5.97 Å². The van der Waals surface area contributed by atoms with Crippen LogP contribution in [0.2, 0.25) is 0 Å². The Kier molecular flexibility index (Phi) is 5.37. The summed E-state index contributed by atoms with van der Waals surface area (Å²) < 4.78 is 0. The molecule has 0 bridgehead atoms. The number of hydrogen-bond acceptors (Lipinski definition) is 4. The highest BCUT2D eigenvalue weighted by atomic mass is 32.2. The molecule has 0 aliphatic carbocycles. The summed E-state index contributed by atoms with van der Waals surface area (Å²) >= 11 is 1.62. The third-order valence-electron chi connectivity index (χ3n) is 1.99. The van der Waals surface area contributed by atoms with Crippen molar-refractivity contribution in [1.82, 2.24) is 4.98 Å². The van der Waals surface area contributed by atoms with Gasteiger partial charge in [-0.3, -0.25) is 0 Å². The van der Waals surface area contributed by atoms with Crippen molar-refractivity contribution in [3.8, 4) is 12.3 Å². The zero-order chi connectivity index (χ0) is 12.7. The van der Waals surface area contributed by atoms with Crippen LogP contribution < -0.4 is 5.32 Å². The van der Waals surface area contributed by atoms with Gasteiger partial charge in [-0.15, -0.1) is 18.2 Å². The number of thioether (sulfide) groups is 1. The fourth-order valence-corrected chi connectivity index (χ4v) is 1.75. The van der Waals surface area contributed by atoms with Crippen molar-refractivity contribution in [2.45, 2.75) is 6.92 Å². The first kappa shape index (κ1) is 13.4. The topological polar surface area (TPSA) is 62.2 Å². The number of rotatable bonds is 6. The third kappa shape index (κ3) is 4.37. The number of anilines is 1. The second kappa shape index (κ2) is 6.81. The predicted octanol–water partition coefficient (Wildman–Crippen LogP) is 1.87. The fraction of sp³-hybridized carbons (Fsp3) is 0.333. The summed E-state index contributed by atoms with van der Waals surface area (Å²) in [6, 6.07) is 3.24. The van der Waals surface area contributed by atoms with Gasteiger partial charge in [0, 0.05) is 18.0 Å². The minimum Gasteiger partial charge on any atom is -0.478 e. The lowest BCUT2D eigenvalue weighted by Gasteiger charge is -2.08. The molecule has 0 atom stereocenters. The number of hydrogen-bond donors (Lipinski definition) is 2. The number of carboxylic acid groups (broad SMARTS) is 1. The van der Waals surface area contributed by atoms with E-state index in [9.17, 15) is 4.79 Å². The van der Waals surface area contributed by atoms with Gasteiger partial charge in [0.1, 0.15) is 11.4 Å². The molecule has 2 N–H and O–H groups in total. The molecule has 0 saturated heterocycles. The Morgan fingerprint density at radius 2 is 2.41 bits per heavy atom. The van der Waals surface area contributed by atoms with E-state index >= 15 is 0 Å². The van der Waals surface area contributed by atoms with Crippen LogP contribution in [0.4, 0.5) is 5.82 Å². The minimum atomic E-state index is -0.976. The lowest BCUT2D eigenvalue weighted by molar-refractivity contribution is 0.0697. The summed E-state index contributed by atoms with van der Waals surface area (Å²) in [5.74, 6) is 3.45. The lowest BCUT2D eigenvalue weighted by Crippen LogP contribution is -2.11. The van der Waals surface area contributed by atoms with E-state index in [-0.39, 0.29) is 5.56 Å². The third-order valence-corrected chi connectivity index (χ3v) is 2.85. The van der Waals surface area contributed by atoms with Crippen LogP contribution in [-0.2, 0) is 0 Å². The van der Waals surface area contributed by atoms with Gasteiger partial charge in [-0.1, -0.05) is 5.92 Å². The highest BCUT2D eigenvalue weighted by Crippen LogP contribution is 2.13. The Bertz CT molecular complexity index is 441. The number of carboxylic acids is 1. The van der Waals surface area contributed by atoms with E-state index in [1.165, 1.54) is 0 Å². The Morgan fingerprint density at radius 3 is 3.06 bits per heavy atom. The van der Waals surface area contributed by atoms with E-state index < -0.39 is 5.97 Å². The zero-order valence-electron chi connectivity index (χ0n) is 9.56. The maximum atomic E-state index is 11.0. The van der Waals surface area contributed by atoms with Crippen LogP contribution in [0.1, 0.15) is 16.1 Å². The van der Waals surface area contributed by atoms with Gasteiger partial charge in [0.25, 0.3) is 0 Å². The number of aromatic nitrogens is 1. The Hall–Kier alpha value is -1.67. The monoisotopic (exact) mass is 250 g/mol. The van der Waals surface area contributed by atoms with Crippen LogP contribution in [0.25, 0.3) is 0 Å². The SMILES string of the molecule is C#CCSCCNc1nc(C)ccc1C(=O)O. The van der Waals surface area contributed by atoms with Crippen molar-refractivity contribution in [2.24, 2.45) is 0 Å². The van der Waals surface area contributed by atoms with E-state index in [0.29, 0.717) is 18.1 Å². The van der Waals surface area contributed by atoms with Crippen LogP contribution in [-0.4, -0.2) is 34.1 Å². The smallest absolute Gasteiger partial charge is 0.339 e. The molecule has 1 rings (SSSR count). The summed E-state index contributed by atoms with van der Waals surface area (Å²) in [6.45, 7) is 2.47. The molecule has 17 heavy (non-hydrogen) atoms. The molecule has 4 nitrogen and oxygen atoms in total. The molecule has 90 valence electrons. The molecule has 0 aliphatic heterocycles. The quantitative estimate of drug-likeness (QED) is 0.596. The van der Waals surface area contributed by atoms with Crippen LogP contribution in [0.3, 0.4) is 0 Å². The summed E-state index contributed by atoms with van der Waals surface area (Å²) in [5.41, 5.74) is 0.978. The first-order valence-corrected chi connectivity index (χ1v) is 6.26. The van der Waals surface area contributed by atoms with Crippen molar-refractivity contribution in [3.05, 3.63) is 23.4 Å². The van der Waals surface area contributed by atoms with Crippen LogP contribution in [0.15, 0.2) is 12.1 Å². The van der Waals surface area contributed by atoms with E-state index in [2.05, 4.69) is 16.2 Å². The Balaban J connectivity index is 2.60. The van der Waals surface area contributed by atoms with E-state index in [1.807, 2.05) is 6.92 Å². The number of pyridine rings is 1. The summed E-state index contributed by atoms with van der Waals surface area (Å²) in [4.78, 5) is 15.1. The van der Waals surface area contributed by atoms with Crippen LogP contribution in [0.5, 0.6) is 0 Å². The van der Waals surface area contributed by atoms with Gasteiger partial charge in [-0.2, -0.15) is 0 Å². The number of terminal acetylenes is 1. The summed E-state index contributed by atoms with van der Waals surface area (Å²) in [7, 11) is 0. The van der Waals surface area contributed by atoms with E-state index in [1.54, 1.807) is 23.9 Å². The lowest BCUT2D eigenvalue weighted by atomic mass is 10.2. The van der Waals surface area contributed by atoms with Crippen molar-refractivity contribution in [2.75, 3.05) is 23.4 Å². The first-order valence-electron chi connectivity index (χ1n) is 5.11. The average Bonchev–Trinajstić information content (AvgIpc) is 2.28. The fourth-order valence-electron chi connectivity index (χ4n) is 1.24. The van der Waals surface area contributed by atoms with Gasteiger partial charge in [-0.25, -0.2) is 9.78 Å². The molecule has 0 unspecified atom stereocenters. The standard InChI is InChI=1S/C12H14N2O2S/c1-3-7-17-8-6-13-11-10(12(15)16)5-4-9(2)14-11/h1,4-5H,6-8H2,2H3,(H,13,14)(H,15,16). The largest absolute Gasteiger partial charge is 0.478 e. The van der Waals surface area contributed by atoms with Crippen LogP contribution >= 0.6 is 11.8 Å². The van der Waals surface area contributed by atoms with E-state index in [4.69, 9.17) is 11.5 Å². The highest BCUT2D eigenvalue weighted by molar-refractivity contribution is 7.99. The summed E-state index contributed by atoms with van der Waals surface area (Å²) in [6.07, 6.45) is 5.12. The molecule has 5 heteroatoms. The van der Waals surface area contributed by atoms with Gasteiger partial charge in [0.15, 0.2) is 0 Å². The molecule has 0 spiro atoms. The molecule has 1 aromatic heterocycles. The first-order chi connectivity index (χ1) is 8.15. The molecule has 0 saturated carbocycles. The highest BCUT2D eigenvalue weighted by Gasteiger charge is 2.10.